The maximum absolute atomic E-state index is 13.1. The summed E-state index contributed by atoms with van der Waals surface area (Å²) in [5, 5.41) is 0. The summed E-state index contributed by atoms with van der Waals surface area (Å²) < 4.78 is 13.1. The molecule has 1 saturated carbocycles. The van der Waals surface area contributed by atoms with Crippen molar-refractivity contribution in [2.45, 2.75) is 57.9 Å². The highest BCUT2D eigenvalue weighted by Crippen LogP contribution is 2.35. The van der Waals surface area contributed by atoms with Crippen molar-refractivity contribution in [2.24, 2.45) is 11.7 Å². The largest absolute Gasteiger partial charge is 0.325 e. The molecule has 100 valence electrons. The Labute approximate surface area is 110 Å². The molecule has 0 amide bonds. The Morgan fingerprint density at radius 1 is 1.44 bits per heavy atom. The van der Waals surface area contributed by atoms with Crippen molar-refractivity contribution in [3.05, 3.63) is 35.1 Å². The second kappa shape index (κ2) is 5.40. The van der Waals surface area contributed by atoms with Crippen molar-refractivity contribution < 1.29 is 4.39 Å². The van der Waals surface area contributed by atoms with E-state index >= 15 is 0 Å². The molecule has 0 radical (unpaired) electrons. The second-order valence-corrected chi connectivity index (χ2v) is 5.98. The summed E-state index contributed by atoms with van der Waals surface area (Å²) >= 11 is 0. The van der Waals surface area contributed by atoms with Gasteiger partial charge in [0.1, 0.15) is 5.82 Å². The van der Waals surface area contributed by atoms with Gasteiger partial charge in [0.15, 0.2) is 0 Å². The quantitative estimate of drug-likeness (QED) is 0.861. The monoisotopic (exact) mass is 249 g/mol. The Bertz CT molecular complexity index is 416. The van der Waals surface area contributed by atoms with Crippen molar-refractivity contribution in [1.82, 2.24) is 0 Å². The van der Waals surface area contributed by atoms with Gasteiger partial charge >= 0.3 is 0 Å². The van der Waals surface area contributed by atoms with Crippen molar-refractivity contribution in [3.8, 4) is 0 Å². The first-order valence-electron chi connectivity index (χ1n) is 7.06. The molecule has 2 rings (SSSR count). The van der Waals surface area contributed by atoms with Gasteiger partial charge in [0.05, 0.1) is 0 Å². The van der Waals surface area contributed by atoms with Crippen LogP contribution in [0.25, 0.3) is 0 Å². The SMILES string of the molecule is CCC1CCCC(N)(Cc2ccc(F)cc2C)C1. The van der Waals surface area contributed by atoms with E-state index in [0.717, 1.165) is 30.7 Å². The summed E-state index contributed by atoms with van der Waals surface area (Å²) in [5.41, 5.74) is 8.72. The van der Waals surface area contributed by atoms with Gasteiger partial charge in [0.2, 0.25) is 0 Å². The summed E-state index contributed by atoms with van der Waals surface area (Å²) in [4.78, 5) is 0. The Hall–Kier alpha value is -0.890. The number of aryl methyl sites for hydroxylation is 1. The first kappa shape index (κ1) is 13.5. The summed E-state index contributed by atoms with van der Waals surface area (Å²) in [6.07, 6.45) is 6.87. The zero-order valence-corrected chi connectivity index (χ0v) is 11.5. The maximum Gasteiger partial charge on any atom is 0.123 e. The average Bonchev–Trinajstić information content (AvgIpc) is 2.33. The van der Waals surface area contributed by atoms with Crippen LogP contribution in [0.1, 0.15) is 50.2 Å². The van der Waals surface area contributed by atoms with E-state index in [1.54, 1.807) is 12.1 Å². The fourth-order valence-electron chi connectivity index (χ4n) is 3.27. The van der Waals surface area contributed by atoms with Crippen LogP contribution < -0.4 is 5.73 Å². The number of benzene rings is 1. The Kier molecular flexibility index (Phi) is 4.06. The molecule has 2 atom stereocenters. The standard InChI is InChI=1S/C16H24FN/c1-3-13-5-4-8-16(18,10-13)11-14-6-7-15(17)9-12(14)2/h6-7,9,13H,3-5,8,10-11,18H2,1-2H3. The van der Waals surface area contributed by atoms with Crippen LogP contribution in [0.3, 0.4) is 0 Å². The highest BCUT2D eigenvalue weighted by atomic mass is 19.1. The summed E-state index contributed by atoms with van der Waals surface area (Å²) in [6.45, 7) is 4.22. The van der Waals surface area contributed by atoms with Crippen LogP contribution in [0.2, 0.25) is 0 Å². The molecule has 1 aliphatic carbocycles. The smallest absolute Gasteiger partial charge is 0.123 e. The molecule has 2 heteroatoms. The Balaban J connectivity index is 2.11. The summed E-state index contributed by atoms with van der Waals surface area (Å²) in [6, 6.07) is 5.06. The molecule has 1 aliphatic rings. The first-order chi connectivity index (χ1) is 8.52. The van der Waals surface area contributed by atoms with Crippen molar-refractivity contribution in [3.63, 3.8) is 0 Å². The summed E-state index contributed by atoms with van der Waals surface area (Å²) in [5.74, 6) is 0.613. The van der Waals surface area contributed by atoms with Crippen molar-refractivity contribution in [1.29, 1.82) is 0 Å². The molecule has 2 N–H and O–H groups in total. The normalized spacial score (nSPS) is 28.3. The predicted octanol–water partition coefficient (Wildman–Crippen LogP) is 3.97. The molecule has 0 aromatic heterocycles. The van der Waals surface area contributed by atoms with Gasteiger partial charge in [0, 0.05) is 5.54 Å². The van der Waals surface area contributed by atoms with Crippen LogP contribution in [0.5, 0.6) is 0 Å². The van der Waals surface area contributed by atoms with Crippen LogP contribution in [-0.2, 0) is 6.42 Å². The molecule has 1 fully saturated rings. The van der Waals surface area contributed by atoms with Crippen LogP contribution >= 0.6 is 0 Å². The highest BCUT2D eigenvalue weighted by Gasteiger charge is 2.32. The average molecular weight is 249 g/mol. The minimum Gasteiger partial charge on any atom is -0.325 e. The second-order valence-electron chi connectivity index (χ2n) is 5.98. The van der Waals surface area contributed by atoms with E-state index in [4.69, 9.17) is 5.73 Å². The van der Waals surface area contributed by atoms with Gasteiger partial charge in [-0.2, -0.15) is 0 Å². The maximum atomic E-state index is 13.1. The van der Waals surface area contributed by atoms with Gasteiger partial charge in [0.25, 0.3) is 0 Å². The minimum absolute atomic E-state index is 0.0818. The zero-order valence-electron chi connectivity index (χ0n) is 11.5. The molecule has 18 heavy (non-hydrogen) atoms. The van der Waals surface area contributed by atoms with E-state index in [2.05, 4.69) is 6.92 Å². The molecule has 1 aromatic carbocycles. The van der Waals surface area contributed by atoms with Crippen molar-refractivity contribution >= 4 is 0 Å². The molecule has 0 aliphatic heterocycles. The topological polar surface area (TPSA) is 26.0 Å². The van der Waals surface area contributed by atoms with E-state index in [1.807, 2.05) is 13.0 Å². The molecule has 0 spiro atoms. The fraction of sp³-hybridized carbons (Fsp3) is 0.625. The third-order valence-corrected chi connectivity index (χ3v) is 4.41. The van der Waals surface area contributed by atoms with Gasteiger partial charge in [-0.1, -0.05) is 32.3 Å². The minimum atomic E-state index is -0.155. The van der Waals surface area contributed by atoms with E-state index in [9.17, 15) is 4.39 Å². The van der Waals surface area contributed by atoms with E-state index < -0.39 is 0 Å². The Morgan fingerprint density at radius 2 is 2.22 bits per heavy atom. The van der Waals surface area contributed by atoms with Gasteiger partial charge in [-0.15, -0.1) is 0 Å². The molecule has 2 unspecified atom stereocenters. The lowest BCUT2D eigenvalue weighted by Gasteiger charge is -2.38. The molecule has 0 saturated heterocycles. The zero-order chi connectivity index (χ0) is 13.2. The van der Waals surface area contributed by atoms with Gasteiger partial charge in [-0.25, -0.2) is 4.39 Å². The van der Waals surface area contributed by atoms with E-state index in [1.165, 1.54) is 24.8 Å². The molecular weight excluding hydrogens is 225 g/mol. The van der Waals surface area contributed by atoms with Gasteiger partial charge in [-0.3, -0.25) is 0 Å². The van der Waals surface area contributed by atoms with Crippen LogP contribution in [0, 0.1) is 18.7 Å². The molecule has 0 heterocycles. The highest BCUT2D eigenvalue weighted by molar-refractivity contribution is 5.28. The number of nitrogens with two attached hydrogens (primary N) is 1. The molecule has 1 nitrogen and oxygen atoms in total. The van der Waals surface area contributed by atoms with Gasteiger partial charge < -0.3 is 5.73 Å². The Morgan fingerprint density at radius 3 is 2.89 bits per heavy atom. The number of hydrogen-bond acceptors (Lipinski definition) is 1. The van der Waals surface area contributed by atoms with Crippen LogP contribution in [-0.4, -0.2) is 5.54 Å². The molecular formula is C16H24FN. The first-order valence-corrected chi connectivity index (χ1v) is 7.06. The number of rotatable bonds is 3. The number of halogens is 1. The molecule has 1 aromatic rings. The van der Waals surface area contributed by atoms with E-state index in [-0.39, 0.29) is 11.4 Å². The lowest BCUT2D eigenvalue weighted by atomic mass is 9.72. The lowest BCUT2D eigenvalue weighted by molar-refractivity contribution is 0.218. The van der Waals surface area contributed by atoms with E-state index in [0.29, 0.717) is 0 Å². The third-order valence-electron chi connectivity index (χ3n) is 4.41. The third kappa shape index (κ3) is 3.11. The lowest BCUT2D eigenvalue weighted by Crippen LogP contribution is -2.46. The summed E-state index contributed by atoms with van der Waals surface area (Å²) in [7, 11) is 0. The van der Waals surface area contributed by atoms with Crippen molar-refractivity contribution in [2.75, 3.05) is 0 Å². The van der Waals surface area contributed by atoms with Gasteiger partial charge in [-0.05, 0) is 55.4 Å². The number of hydrogen-bond donors (Lipinski definition) is 1. The van der Waals surface area contributed by atoms with Crippen LogP contribution in [0.15, 0.2) is 18.2 Å². The predicted molar refractivity (Wildman–Crippen MR) is 74.0 cm³/mol. The van der Waals surface area contributed by atoms with Crippen LogP contribution in [0.4, 0.5) is 4.39 Å². The fourth-order valence-corrected chi connectivity index (χ4v) is 3.27. The molecule has 0 bridgehead atoms.